The molecule has 0 aromatic rings. The number of aliphatic imine (C=N–C) groups is 1. The van der Waals surface area contributed by atoms with Gasteiger partial charge in [0.25, 0.3) is 0 Å². The van der Waals surface area contributed by atoms with Gasteiger partial charge in [-0.25, -0.2) is 0 Å². The van der Waals surface area contributed by atoms with Crippen LogP contribution in [-0.2, 0) is 0 Å². The first-order valence-corrected chi connectivity index (χ1v) is 10.1. The fraction of sp³-hybridized carbons (Fsp3) is 0.944. The molecule has 0 amide bonds. The summed E-state index contributed by atoms with van der Waals surface area (Å²) in [5, 5.41) is 5.11. The minimum absolute atomic E-state index is 0.384. The normalized spacial score (nSPS) is 49.0. The third-order valence-electron chi connectivity index (χ3n) is 6.68. The van der Waals surface area contributed by atoms with Crippen molar-refractivity contribution in [1.29, 1.82) is 0 Å². The summed E-state index contributed by atoms with van der Waals surface area (Å²) in [4.78, 5) is 5.12. The van der Waals surface area contributed by atoms with Gasteiger partial charge in [0, 0.05) is 11.3 Å². The Morgan fingerprint density at radius 1 is 1.29 bits per heavy atom. The highest BCUT2D eigenvalue weighted by atomic mass is 32.2. The molecule has 21 heavy (non-hydrogen) atoms. The second-order valence-corrected chi connectivity index (χ2v) is 9.37. The number of rotatable bonds is 2. The van der Waals surface area contributed by atoms with E-state index >= 15 is 0 Å². The Hall–Kier alpha value is -0.180. The Morgan fingerprint density at radius 3 is 2.90 bits per heavy atom. The van der Waals surface area contributed by atoms with E-state index in [1.54, 1.807) is 0 Å². The smallest absolute Gasteiger partial charge is 0.157 e. The average Bonchev–Trinajstić information content (AvgIpc) is 3.15. The number of hydrogen-bond donors (Lipinski definition) is 1. The molecule has 6 atom stereocenters. The topological polar surface area (TPSA) is 24.4 Å². The Balaban J connectivity index is 1.40. The summed E-state index contributed by atoms with van der Waals surface area (Å²) in [5.74, 6) is 5.04. The van der Waals surface area contributed by atoms with Gasteiger partial charge >= 0.3 is 0 Å². The lowest BCUT2D eigenvalue weighted by Crippen LogP contribution is -2.47. The maximum Gasteiger partial charge on any atom is 0.157 e. The number of nitrogens with zero attached hydrogens (tertiary/aromatic N) is 1. The van der Waals surface area contributed by atoms with Crippen LogP contribution in [-0.4, -0.2) is 22.5 Å². The van der Waals surface area contributed by atoms with Crippen LogP contribution in [0.1, 0.15) is 65.2 Å². The molecule has 4 aliphatic rings. The molecule has 1 aliphatic heterocycles. The van der Waals surface area contributed by atoms with Gasteiger partial charge in [0.1, 0.15) is 0 Å². The van der Waals surface area contributed by atoms with Crippen LogP contribution < -0.4 is 5.32 Å². The van der Waals surface area contributed by atoms with E-state index in [2.05, 4.69) is 19.2 Å². The van der Waals surface area contributed by atoms with E-state index in [1.807, 2.05) is 11.8 Å². The monoisotopic (exact) mass is 306 g/mol. The molecule has 6 unspecified atom stereocenters. The van der Waals surface area contributed by atoms with Crippen molar-refractivity contribution in [2.45, 2.75) is 76.8 Å². The maximum atomic E-state index is 5.12. The highest BCUT2D eigenvalue weighted by Crippen LogP contribution is 2.50. The van der Waals surface area contributed by atoms with Crippen molar-refractivity contribution in [1.82, 2.24) is 5.32 Å². The summed E-state index contributed by atoms with van der Waals surface area (Å²) >= 11 is 2.00. The Bertz CT molecular complexity index is 435. The SMILES string of the molecule is CC1CCCC2(CSC(=NC(C)C3CC4CCC3C4)N2)C1. The molecule has 3 heteroatoms. The molecule has 0 aromatic carbocycles. The minimum Gasteiger partial charge on any atom is -0.359 e. The summed E-state index contributed by atoms with van der Waals surface area (Å²) in [7, 11) is 0. The van der Waals surface area contributed by atoms with E-state index in [1.165, 1.54) is 62.3 Å². The minimum atomic E-state index is 0.384. The zero-order valence-electron chi connectivity index (χ0n) is 13.6. The summed E-state index contributed by atoms with van der Waals surface area (Å²) in [5.41, 5.74) is 0.384. The standard InChI is InChI=1S/C18H30N2S/c1-12-4-3-7-18(10-12)11-21-17(20-18)19-13(2)16-9-14-5-6-15(16)8-14/h12-16H,3-11H2,1-2H3,(H,19,20). The van der Waals surface area contributed by atoms with Crippen LogP contribution in [0.3, 0.4) is 0 Å². The molecule has 0 aromatic heterocycles. The fourth-order valence-electron chi connectivity index (χ4n) is 5.65. The highest BCUT2D eigenvalue weighted by molar-refractivity contribution is 8.14. The number of thioether (sulfide) groups is 1. The number of fused-ring (bicyclic) bond motifs is 2. The summed E-state index contributed by atoms with van der Waals surface area (Å²) in [6, 6.07) is 0.534. The molecule has 2 nitrogen and oxygen atoms in total. The summed E-state index contributed by atoms with van der Waals surface area (Å²) in [6.45, 7) is 4.79. The summed E-state index contributed by atoms with van der Waals surface area (Å²) < 4.78 is 0. The van der Waals surface area contributed by atoms with E-state index in [9.17, 15) is 0 Å². The van der Waals surface area contributed by atoms with Crippen LogP contribution >= 0.6 is 11.8 Å². The lowest BCUT2D eigenvalue weighted by atomic mass is 9.78. The molecule has 1 heterocycles. The van der Waals surface area contributed by atoms with E-state index in [4.69, 9.17) is 4.99 Å². The van der Waals surface area contributed by atoms with Crippen LogP contribution in [0, 0.1) is 23.7 Å². The first-order chi connectivity index (χ1) is 10.1. The van der Waals surface area contributed by atoms with E-state index < -0.39 is 0 Å². The third-order valence-corrected chi connectivity index (χ3v) is 7.86. The van der Waals surface area contributed by atoms with Crippen molar-refractivity contribution in [2.24, 2.45) is 28.7 Å². The number of amidine groups is 1. The van der Waals surface area contributed by atoms with Crippen LogP contribution in [0.25, 0.3) is 0 Å². The molecule has 1 spiro atoms. The van der Waals surface area contributed by atoms with Crippen molar-refractivity contribution in [3.63, 3.8) is 0 Å². The third kappa shape index (κ3) is 2.75. The molecule has 3 aliphatic carbocycles. The van der Waals surface area contributed by atoms with E-state index in [0.717, 1.165) is 23.7 Å². The Kier molecular flexibility index (Phi) is 3.76. The summed E-state index contributed by atoms with van der Waals surface area (Å²) in [6.07, 6.45) is 11.4. The van der Waals surface area contributed by atoms with Gasteiger partial charge in [-0.15, -0.1) is 0 Å². The van der Waals surface area contributed by atoms with Crippen LogP contribution in [0.4, 0.5) is 0 Å². The van der Waals surface area contributed by atoms with E-state index in [0.29, 0.717) is 11.6 Å². The van der Waals surface area contributed by atoms with Gasteiger partial charge in [-0.3, -0.25) is 4.99 Å². The number of nitrogens with one attached hydrogen (secondary N) is 1. The molecular formula is C18H30N2S. The van der Waals surface area contributed by atoms with Crippen LogP contribution in [0.2, 0.25) is 0 Å². The number of hydrogen-bond acceptors (Lipinski definition) is 2. The maximum absolute atomic E-state index is 5.12. The van der Waals surface area contributed by atoms with Gasteiger partial charge in [-0.05, 0) is 62.7 Å². The molecule has 4 fully saturated rings. The van der Waals surface area contributed by atoms with Crippen molar-refractivity contribution in [3.8, 4) is 0 Å². The molecule has 1 N–H and O–H groups in total. The fourth-order valence-corrected chi connectivity index (χ4v) is 6.92. The van der Waals surface area contributed by atoms with Crippen molar-refractivity contribution < 1.29 is 0 Å². The van der Waals surface area contributed by atoms with Gasteiger partial charge < -0.3 is 5.32 Å². The molecule has 0 radical (unpaired) electrons. The molecule has 2 bridgehead atoms. The predicted octanol–water partition coefficient (Wildman–Crippen LogP) is 4.45. The Labute approximate surface area is 133 Å². The van der Waals surface area contributed by atoms with Gasteiger partial charge in [-0.1, -0.05) is 37.9 Å². The largest absolute Gasteiger partial charge is 0.359 e. The molecule has 4 rings (SSSR count). The van der Waals surface area contributed by atoms with Crippen molar-refractivity contribution in [2.75, 3.05) is 5.75 Å². The second-order valence-electron chi connectivity index (χ2n) is 8.41. The van der Waals surface area contributed by atoms with Crippen LogP contribution in [0.5, 0.6) is 0 Å². The van der Waals surface area contributed by atoms with Gasteiger partial charge in [0.05, 0.1) is 6.04 Å². The molecule has 3 saturated carbocycles. The highest BCUT2D eigenvalue weighted by Gasteiger charge is 2.43. The van der Waals surface area contributed by atoms with E-state index in [-0.39, 0.29) is 0 Å². The first-order valence-electron chi connectivity index (χ1n) is 9.12. The average molecular weight is 307 g/mol. The van der Waals surface area contributed by atoms with Crippen LogP contribution in [0.15, 0.2) is 4.99 Å². The van der Waals surface area contributed by atoms with Crippen molar-refractivity contribution in [3.05, 3.63) is 0 Å². The second kappa shape index (κ2) is 5.47. The zero-order chi connectivity index (χ0) is 14.4. The van der Waals surface area contributed by atoms with Crippen molar-refractivity contribution >= 4 is 16.9 Å². The van der Waals surface area contributed by atoms with Gasteiger partial charge in [-0.2, -0.15) is 0 Å². The quantitative estimate of drug-likeness (QED) is 0.815. The molecular weight excluding hydrogens is 276 g/mol. The molecule has 118 valence electrons. The molecule has 1 saturated heterocycles. The van der Waals surface area contributed by atoms with Gasteiger partial charge in [0.2, 0.25) is 0 Å². The lowest BCUT2D eigenvalue weighted by molar-refractivity contribution is 0.241. The Morgan fingerprint density at radius 2 is 2.19 bits per heavy atom. The predicted molar refractivity (Wildman–Crippen MR) is 91.8 cm³/mol. The lowest BCUT2D eigenvalue weighted by Gasteiger charge is -2.36. The van der Waals surface area contributed by atoms with Gasteiger partial charge in [0.15, 0.2) is 5.17 Å². The first kappa shape index (κ1) is 14.4. The zero-order valence-corrected chi connectivity index (χ0v) is 14.4.